The summed E-state index contributed by atoms with van der Waals surface area (Å²) >= 11 is 1.72. The molecule has 0 saturated heterocycles. The predicted octanol–water partition coefficient (Wildman–Crippen LogP) is 5.09. The van der Waals surface area contributed by atoms with E-state index in [2.05, 4.69) is 5.32 Å². The minimum atomic E-state index is -1.41. The average molecular weight is 517 g/mol. The van der Waals surface area contributed by atoms with E-state index in [1.807, 2.05) is 48.5 Å². The molecule has 4 rings (SSSR count). The van der Waals surface area contributed by atoms with E-state index in [9.17, 15) is 19.1 Å². The number of carbonyl (C=O) groups excluding carboxylic acids is 1. The van der Waals surface area contributed by atoms with Crippen LogP contribution in [0.3, 0.4) is 0 Å². The van der Waals surface area contributed by atoms with Gasteiger partial charge in [0.15, 0.2) is 6.04 Å². The smallest absolute Gasteiger partial charge is 0.408 e. The Labute approximate surface area is 186 Å². The molecule has 1 unspecified atom stereocenters. The zero-order valence-electron chi connectivity index (χ0n) is 15.6. The van der Waals surface area contributed by atoms with Crippen LogP contribution in [0.5, 0.6) is 0 Å². The Morgan fingerprint density at radius 1 is 1.00 bits per heavy atom. The number of aliphatic carboxylic acids is 1. The van der Waals surface area contributed by atoms with Gasteiger partial charge in [0.05, 0.1) is 3.57 Å². The standard InChI is InChI=1S/C23H17FINO4/c24-19-11-5-10-17(20(19)25)21(22(27)28)26-23(29)30-12-18-15-8-3-1-6-13(15)14-7-2-4-9-16(14)18/h1-11,18,21H,12H2,(H,26,29)(H,27,28). The number of fused-ring (bicyclic) bond motifs is 3. The third-order valence-electron chi connectivity index (χ3n) is 5.15. The molecule has 5 nitrogen and oxygen atoms in total. The summed E-state index contributed by atoms with van der Waals surface area (Å²) in [5.74, 6) is -1.98. The van der Waals surface area contributed by atoms with Gasteiger partial charge < -0.3 is 15.2 Å². The summed E-state index contributed by atoms with van der Waals surface area (Å²) in [5, 5.41) is 11.9. The molecule has 152 valence electrons. The van der Waals surface area contributed by atoms with Gasteiger partial charge in [-0.05, 0) is 50.9 Å². The van der Waals surface area contributed by atoms with Gasteiger partial charge in [-0.1, -0.05) is 60.7 Å². The minimum Gasteiger partial charge on any atom is -0.479 e. The second-order valence-electron chi connectivity index (χ2n) is 6.88. The second kappa shape index (κ2) is 8.43. The van der Waals surface area contributed by atoms with Crippen LogP contribution in [0.2, 0.25) is 0 Å². The van der Waals surface area contributed by atoms with E-state index in [1.165, 1.54) is 18.2 Å². The van der Waals surface area contributed by atoms with E-state index >= 15 is 0 Å². The molecular formula is C23H17FINO4. The van der Waals surface area contributed by atoms with Crippen LogP contribution >= 0.6 is 22.6 Å². The van der Waals surface area contributed by atoms with Gasteiger partial charge in [0.25, 0.3) is 0 Å². The summed E-state index contributed by atoms with van der Waals surface area (Å²) in [4.78, 5) is 24.1. The van der Waals surface area contributed by atoms with Crippen molar-refractivity contribution in [3.63, 3.8) is 0 Å². The van der Waals surface area contributed by atoms with Gasteiger partial charge in [0.2, 0.25) is 0 Å². The number of carbonyl (C=O) groups is 2. The summed E-state index contributed by atoms with van der Waals surface area (Å²) in [6.07, 6.45) is -0.871. The molecule has 0 heterocycles. The molecule has 0 saturated carbocycles. The van der Waals surface area contributed by atoms with Crippen LogP contribution in [0.25, 0.3) is 11.1 Å². The van der Waals surface area contributed by atoms with E-state index in [-0.39, 0.29) is 21.7 Å². The molecule has 3 aromatic rings. The fraction of sp³-hybridized carbons (Fsp3) is 0.130. The highest BCUT2D eigenvalue weighted by molar-refractivity contribution is 14.1. The van der Waals surface area contributed by atoms with Crippen LogP contribution in [0.4, 0.5) is 9.18 Å². The Balaban J connectivity index is 1.51. The molecule has 0 radical (unpaired) electrons. The molecule has 1 amide bonds. The number of amides is 1. The Kier molecular flexibility index (Phi) is 5.72. The maximum Gasteiger partial charge on any atom is 0.408 e. The van der Waals surface area contributed by atoms with Crippen molar-refractivity contribution in [3.05, 3.63) is 92.8 Å². The Morgan fingerprint density at radius 2 is 1.60 bits per heavy atom. The van der Waals surface area contributed by atoms with Gasteiger partial charge >= 0.3 is 12.1 Å². The van der Waals surface area contributed by atoms with Crippen LogP contribution in [0.1, 0.15) is 28.7 Å². The van der Waals surface area contributed by atoms with Crippen molar-refractivity contribution in [3.8, 4) is 11.1 Å². The molecule has 1 aliphatic rings. The number of benzene rings is 3. The number of ether oxygens (including phenoxy) is 1. The van der Waals surface area contributed by atoms with Crippen LogP contribution < -0.4 is 5.32 Å². The molecule has 0 bridgehead atoms. The van der Waals surface area contributed by atoms with Crippen LogP contribution in [-0.4, -0.2) is 23.8 Å². The molecule has 1 atom stereocenters. The average Bonchev–Trinajstić information content (AvgIpc) is 3.06. The zero-order valence-corrected chi connectivity index (χ0v) is 17.8. The number of alkyl carbamates (subject to hydrolysis) is 1. The molecule has 0 spiro atoms. The molecular weight excluding hydrogens is 500 g/mol. The monoisotopic (exact) mass is 517 g/mol. The summed E-state index contributed by atoms with van der Waals surface area (Å²) in [7, 11) is 0. The summed E-state index contributed by atoms with van der Waals surface area (Å²) in [5.41, 5.74) is 4.47. The van der Waals surface area contributed by atoms with Gasteiger partial charge in [-0.3, -0.25) is 0 Å². The number of rotatable bonds is 5. The zero-order chi connectivity index (χ0) is 21.3. The number of carboxylic acid groups (broad SMARTS) is 1. The molecule has 0 aromatic heterocycles. The van der Waals surface area contributed by atoms with Crippen molar-refractivity contribution in [2.75, 3.05) is 6.61 Å². The Hall–Kier alpha value is -2.94. The fourth-order valence-corrected chi connectivity index (χ4v) is 4.44. The molecule has 1 aliphatic carbocycles. The SMILES string of the molecule is O=C(NC(C(=O)O)c1cccc(F)c1I)OCC1c2ccccc2-c2ccccc21. The van der Waals surface area contributed by atoms with Crippen molar-refractivity contribution in [2.45, 2.75) is 12.0 Å². The lowest BCUT2D eigenvalue weighted by Gasteiger charge is -2.18. The van der Waals surface area contributed by atoms with Gasteiger partial charge in [0.1, 0.15) is 12.4 Å². The minimum absolute atomic E-state index is 0.0619. The fourth-order valence-electron chi connectivity index (χ4n) is 3.77. The van der Waals surface area contributed by atoms with E-state index in [1.54, 1.807) is 22.6 Å². The molecule has 0 fully saturated rings. The number of hydrogen-bond donors (Lipinski definition) is 2. The summed E-state index contributed by atoms with van der Waals surface area (Å²) in [6, 6.07) is 18.5. The lowest BCUT2D eigenvalue weighted by Crippen LogP contribution is -2.35. The van der Waals surface area contributed by atoms with Crippen molar-refractivity contribution < 1.29 is 23.8 Å². The lowest BCUT2D eigenvalue weighted by atomic mass is 9.98. The first kappa shape index (κ1) is 20.3. The molecule has 2 N–H and O–H groups in total. The maximum absolute atomic E-state index is 13.8. The number of halogens is 2. The van der Waals surface area contributed by atoms with Crippen LogP contribution in [0, 0.1) is 9.39 Å². The topological polar surface area (TPSA) is 75.6 Å². The van der Waals surface area contributed by atoms with E-state index in [4.69, 9.17) is 4.74 Å². The van der Waals surface area contributed by atoms with Crippen LogP contribution in [0.15, 0.2) is 66.7 Å². The van der Waals surface area contributed by atoms with Crippen LogP contribution in [-0.2, 0) is 9.53 Å². The summed E-state index contributed by atoms with van der Waals surface area (Å²) in [6.45, 7) is 0.0619. The second-order valence-corrected chi connectivity index (χ2v) is 7.96. The van der Waals surface area contributed by atoms with Gasteiger partial charge in [-0.25, -0.2) is 14.0 Å². The first-order valence-corrected chi connectivity index (χ1v) is 10.3. The molecule has 0 aliphatic heterocycles. The largest absolute Gasteiger partial charge is 0.479 e. The molecule has 7 heteroatoms. The third kappa shape index (κ3) is 3.77. The highest BCUT2D eigenvalue weighted by atomic mass is 127. The van der Waals surface area contributed by atoms with Gasteiger partial charge in [-0.15, -0.1) is 0 Å². The highest BCUT2D eigenvalue weighted by Gasteiger charge is 2.30. The highest BCUT2D eigenvalue weighted by Crippen LogP contribution is 2.44. The maximum atomic E-state index is 13.8. The third-order valence-corrected chi connectivity index (χ3v) is 6.28. The van der Waals surface area contributed by atoms with Crippen molar-refractivity contribution >= 4 is 34.7 Å². The van der Waals surface area contributed by atoms with E-state index in [0.717, 1.165) is 22.3 Å². The van der Waals surface area contributed by atoms with E-state index < -0.39 is 23.9 Å². The van der Waals surface area contributed by atoms with Gasteiger partial charge in [-0.2, -0.15) is 0 Å². The Bertz CT molecular complexity index is 1090. The lowest BCUT2D eigenvalue weighted by molar-refractivity contribution is -0.139. The normalized spacial score (nSPS) is 13.3. The van der Waals surface area contributed by atoms with Crippen molar-refractivity contribution in [1.82, 2.24) is 5.32 Å². The van der Waals surface area contributed by atoms with Crippen molar-refractivity contribution in [2.24, 2.45) is 0 Å². The first-order chi connectivity index (χ1) is 14.5. The molecule has 3 aromatic carbocycles. The first-order valence-electron chi connectivity index (χ1n) is 9.25. The number of carboxylic acids is 1. The van der Waals surface area contributed by atoms with Gasteiger partial charge in [0, 0.05) is 11.5 Å². The van der Waals surface area contributed by atoms with E-state index in [0.29, 0.717) is 0 Å². The number of hydrogen-bond acceptors (Lipinski definition) is 3. The quantitative estimate of drug-likeness (QED) is 0.463. The Morgan fingerprint density at radius 3 is 2.20 bits per heavy atom. The summed E-state index contributed by atoms with van der Waals surface area (Å²) < 4.78 is 19.4. The molecule has 30 heavy (non-hydrogen) atoms. The predicted molar refractivity (Wildman–Crippen MR) is 118 cm³/mol. The number of nitrogens with one attached hydrogen (secondary N) is 1. The van der Waals surface area contributed by atoms with Crippen molar-refractivity contribution in [1.29, 1.82) is 0 Å².